The van der Waals surface area contributed by atoms with Crippen LogP contribution in [-0.2, 0) is 11.8 Å². The molecule has 3 aromatic rings. The van der Waals surface area contributed by atoms with Crippen LogP contribution in [-0.4, -0.2) is 25.9 Å². The molecule has 1 aromatic heterocycles. The van der Waals surface area contributed by atoms with E-state index in [-0.39, 0.29) is 5.91 Å². The Bertz CT molecular complexity index is 972. The molecule has 1 atom stereocenters. The molecule has 3 rings (SSSR count). The van der Waals surface area contributed by atoms with Gasteiger partial charge >= 0.3 is 0 Å². The fraction of sp³-hybridized carbons (Fsp3) is 0.211. The number of amides is 1. The molecule has 1 amide bonds. The van der Waals surface area contributed by atoms with Crippen molar-refractivity contribution in [1.29, 1.82) is 0 Å². The van der Waals surface area contributed by atoms with Crippen LogP contribution in [0.4, 0.5) is 5.69 Å². The number of halogens is 2. The van der Waals surface area contributed by atoms with Crippen molar-refractivity contribution in [2.24, 2.45) is 7.05 Å². The Morgan fingerprint density at radius 3 is 2.56 bits per heavy atom. The van der Waals surface area contributed by atoms with Gasteiger partial charge in [0.2, 0.25) is 5.91 Å². The maximum atomic E-state index is 12.5. The first kappa shape index (κ1) is 19.7. The summed E-state index contributed by atoms with van der Waals surface area (Å²) in [5.41, 5.74) is 2.64. The van der Waals surface area contributed by atoms with Gasteiger partial charge in [-0.15, -0.1) is 10.2 Å². The third kappa shape index (κ3) is 4.46. The van der Waals surface area contributed by atoms with E-state index in [1.165, 1.54) is 17.3 Å². The number of aromatic nitrogens is 3. The number of carbonyl (C=O) groups is 1. The van der Waals surface area contributed by atoms with E-state index in [4.69, 9.17) is 23.2 Å². The lowest BCUT2D eigenvalue weighted by molar-refractivity contribution is -0.115. The lowest BCUT2D eigenvalue weighted by atomic mass is 10.1. The first-order valence-corrected chi connectivity index (χ1v) is 9.88. The third-order valence-electron chi connectivity index (χ3n) is 4.01. The highest BCUT2D eigenvalue weighted by Crippen LogP contribution is 2.31. The predicted octanol–water partition coefficient (Wildman–Crippen LogP) is 5.22. The monoisotopic (exact) mass is 420 g/mol. The number of rotatable bonds is 5. The topological polar surface area (TPSA) is 59.8 Å². The van der Waals surface area contributed by atoms with Crippen molar-refractivity contribution in [3.05, 3.63) is 58.1 Å². The van der Waals surface area contributed by atoms with Crippen LogP contribution in [0, 0.1) is 6.92 Å². The molecule has 0 saturated heterocycles. The molecule has 0 aliphatic rings. The Morgan fingerprint density at radius 1 is 1.15 bits per heavy atom. The van der Waals surface area contributed by atoms with Crippen LogP contribution in [0.15, 0.2) is 47.6 Å². The number of thioether (sulfide) groups is 1. The molecular formula is C19H18Cl2N4OS. The van der Waals surface area contributed by atoms with Crippen molar-refractivity contribution >= 4 is 46.6 Å². The molecule has 5 nitrogen and oxygen atoms in total. The minimum atomic E-state index is -0.395. The minimum Gasteiger partial charge on any atom is -0.324 e. The van der Waals surface area contributed by atoms with Gasteiger partial charge in [0.1, 0.15) is 0 Å². The molecule has 2 aromatic carbocycles. The average molecular weight is 421 g/mol. The second-order valence-electron chi connectivity index (χ2n) is 6.08. The molecule has 1 heterocycles. The summed E-state index contributed by atoms with van der Waals surface area (Å²) < 4.78 is 1.88. The Kier molecular flexibility index (Phi) is 6.09. The Morgan fingerprint density at radius 2 is 1.85 bits per heavy atom. The number of benzene rings is 2. The average Bonchev–Trinajstić information content (AvgIpc) is 3.00. The third-order valence-corrected chi connectivity index (χ3v) is 5.96. The maximum Gasteiger partial charge on any atom is 0.237 e. The number of anilines is 1. The van der Waals surface area contributed by atoms with Gasteiger partial charge in [-0.05, 0) is 26.0 Å². The first-order chi connectivity index (χ1) is 12.9. The van der Waals surface area contributed by atoms with Gasteiger partial charge in [-0.25, -0.2) is 0 Å². The molecule has 140 valence electrons. The van der Waals surface area contributed by atoms with E-state index in [0.29, 0.717) is 20.9 Å². The van der Waals surface area contributed by atoms with Crippen molar-refractivity contribution in [2.45, 2.75) is 24.3 Å². The zero-order chi connectivity index (χ0) is 19.6. The highest BCUT2D eigenvalue weighted by Gasteiger charge is 2.20. The van der Waals surface area contributed by atoms with Gasteiger partial charge in [0.25, 0.3) is 0 Å². The fourth-order valence-electron chi connectivity index (χ4n) is 2.42. The van der Waals surface area contributed by atoms with Crippen LogP contribution in [0.25, 0.3) is 11.4 Å². The van der Waals surface area contributed by atoms with E-state index in [9.17, 15) is 4.79 Å². The number of nitrogens with one attached hydrogen (secondary N) is 1. The van der Waals surface area contributed by atoms with Crippen molar-refractivity contribution in [3.8, 4) is 11.4 Å². The molecule has 0 aliphatic heterocycles. The van der Waals surface area contributed by atoms with Crippen LogP contribution in [0.5, 0.6) is 0 Å². The van der Waals surface area contributed by atoms with Crippen molar-refractivity contribution in [3.63, 3.8) is 0 Å². The van der Waals surface area contributed by atoms with Gasteiger partial charge in [-0.2, -0.15) is 0 Å². The van der Waals surface area contributed by atoms with Crippen LogP contribution in [0.1, 0.15) is 12.5 Å². The summed E-state index contributed by atoms with van der Waals surface area (Å²) in [6, 6.07) is 13.2. The number of nitrogens with zero attached hydrogens (tertiary/aromatic N) is 3. The summed E-state index contributed by atoms with van der Waals surface area (Å²) in [4.78, 5) is 12.5. The lowest BCUT2D eigenvalue weighted by Crippen LogP contribution is -2.23. The quantitative estimate of drug-likeness (QED) is 0.574. The van der Waals surface area contributed by atoms with Gasteiger partial charge in [-0.3, -0.25) is 4.79 Å². The van der Waals surface area contributed by atoms with E-state index in [2.05, 4.69) is 15.5 Å². The standard InChI is InChI=1S/C19H18Cl2N4OS/c1-11-7-9-13(10-8-11)17-23-24-19(25(17)3)27-12(2)18(26)22-15-6-4-5-14(20)16(15)21/h4-10,12H,1-3H3,(H,22,26). The molecule has 0 bridgehead atoms. The van der Waals surface area contributed by atoms with Gasteiger partial charge in [0.15, 0.2) is 11.0 Å². The highest BCUT2D eigenvalue weighted by molar-refractivity contribution is 8.00. The second-order valence-corrected chi connectivity index (χ2v) is 8.18. The molecule has 27 heavy (non-hydrogen) atoms. The van der Waals surface area contributed by atoms with E-state index < -0.39 is 5.25 Å². The molecule has 0 aliphatic carbocycles. The van der Waals surface area contributed by atoms with Crippen molar-refractivity contribution in [2.75, 3.05) is 5.32 Å². The molecule has 0 spiro atoms. The number of hydrogen-bond donors (Lipinski definition) is 1. The Labute approximate surface area is 172 Å². The van der Waals surface area contributed by atoms with Gasteiger partial charge in [0, 0.05) is 12.6 Å². The Hall–Kier alpha value is -2.02. The zero-order valence-electron chi connectivity index (χ0n) is 15.0. The minimum absolute atomic E-state index is 0.191. The maximum absolute atomic E-state index is 12.5. The van der Waals surface area contributed by atoms with Crippen molar-refractivity contribution in [1.82, 2.24) is 14.8 Å². The summed E-state index contributed by atoms with van der Waals surface area (Å²) >= 11 is 13.4. The zero-order valence-corrected chi connectivity index (χ0v) is 17.4. The molecule has 8 heteroatoms. The van der Waals surface area contributed by atoms with E-state index >= 15 is 0 Å². The van der Waals surface area contributed by atoms with E-state index in [0.717, 1.165) is 11.4 Å². The summed E-state index contributed by atoms with van der Waals surface area (Å²) in [5.74, 6) is 0.562. The van der Waals surface area contributed by atoms with Crippen LogP contribution in [0.3, 0.4) is 0 Å². The largest absolute Gasteiger partial charge is 0.324 e. The SMILES string of the molecule is Cc1ccc(-c2nnc(SC(C)C(=O)Nc3cccc(Cl)c3Cl)n2C)cc1. The lowest BCUT2D eigenvalue weighted by Gasteiger charge is -2.13. The first-order valence-electron chi connectivity index (χ1n) is 8.24. The normalized spacial score (nSPS) is 12.0. The summed E-state index contributed by atoms with van der Waals surface area (Å²) in [6.07, 6.45) is 0. The smallest absolute Gasteiger partial charge is 0.237 e. The molecule has 1 unspecified atom stereocenters. The second kappa shape index (κ2) is 8.33. The highest BCUT2D eigenvalue weighted by atomic mass is 35.5. The van der Waals surface area contributed by atoms with Crippen molar-refractivity contribution < 1.29 is 4.79 Å². The Balaban J connectivity index is 1.72. The number of carbonyl (C=O) groups excluding carboxylic acids is 1. The van der Waals surface area contributed by atoms with Crippen LogP contribution in [0.2, 0.25) is 10.0 Å². The predicted molar refractivity (Wildman–Crippen MR) is 112 cm³/mol. The van der Waals surface area contributed by atoms with Gasteiger partial charge < -0.3 is 9.88 Å². The number of hydrogen-bond acceptors (Lipinski definition) is 4. The fourth-order valence-corrected chi connectivity index (χ4v) is 3.58. The van der Waals surface area contributed by atoms with Crippen LogP contribution >= 0.6 is 35.0 Å². The van der Waals surface area contributed by atoms with Gasteiger partial charge in [-0.1, -0.05) is 70.9 Å². The van der Waals surface area contributed by atoms with E-state index in [1.807, 2.05) is 42.8 Å². The van der Waals surface area contributed by atoms with Crippen LogP contribution < -0.4 is 5.32 Å². The molecule has 0 radical (unpaired) electrons. The molecular weight excluding hydrogens is 403 g/mol. The summed E-state index contributed by atoms with van der Waals surface area (Å²) in [7, 11) is 1.88. The molecule has 1 N–H and O–H groups in total. The van der Waals surface area contributed by atoms with Gasteiger partial charge in [0.05, 0.1) is 21.0 Å². The summed E-state index contributed by atoms with van der Waals surface area (Å²) in [6.45, 7) is 3.84. The molecule has 0 saturated carbocycles. The molecule has 0 fully saturated rings. The van der Waals surface area contributed by atoms with E-state index in [1.54, 1.807) is 25.1 Å². The summed E-state index contributed by atoms with van der Waals surface area (Å²) in [5, 5.41) is 12.3. The number of aryl methyl sites for hydroxylation is 1.